The molecule has 228 valence electrons. The Morgan fingerprint density at radius 2 is 1.91 bits per heavy atom. The SMILES string of the molecule is CC1(c2ccc(CCC(=O)O)c(C#N)c2)C(=O)Nc2nc(-c3nn(CCC(F)(F)C(F)(F)F)c4cc(Cl)ccc34)nc(N)c21. The molecule has 4 aromatic rings. The van der Waals surface area contributed by atoms with Crippen LogP contribution in [0.4, 0.5) is 33.6 Å². The number of aliphatic carboxylic acids is 1. The van der Waals surface area contributed by atoms with E-state index in [0.29, 0.717) is 11.1 Å². The van der Waals surface area contributed by atoms with Gasteiger partial charge >= 0.3 is 18.1 Å². The topological polar surface area (TPSA) is 160 Å². The molecule has 3 heterocycles. The van der Waals surface area contributed by atoms with E-state index in [-0.39, 0.29) is 63.0 Å². The minimum Gasteiger partial charge on any atom is -0.481 e. The van der Waals surface area contributed by atoms with E-state index in [1.54, 1.807) is 19.1 Å². The van der Waals surface area contributed by atoms with E-state index < -0.39 is 42.4 Å². The summed E-state index contributed by atoms with van der Waals surface area (Å²) in [5, 5.41) is 26.0. The molecular weight excluding hydrogens is 613 g/mol. The zero-order chi connectivity index (χ0) is 32.2. The number of nitrogens with two attached hydrogens (primary N) is 1. The number of aryl methyl sites for hydroxylation is 2. The molecule has 2 aromatic heterocycles. The van der Waals surface area contributed by atoms with Crippen molar-refractivity contribution >= 4 is 46.0 Å². The number of carbonyl (C=O) groups is 2. The third kappa shape index (κ3) is 5.15. The molecule has 2 aromatic carbocycles. The number of amides is 1. The Morgan fingerprint density at radius 1 is 1.18 bits per heavy atom. The molecule has 5 rings (SSSR count). The molecule has 44 heavy (non-hydrogen) atoms. The number of nitrogens with one attached hydrogen (secondary N) is 1. The molecule has 1 aliphatic heterocycles. The summed E-state index contributed by atoms with van der Waals surface area (Å²) in [6.45, 7) is 0.732. The Kier molecular flexibility index (Phi) is 7.45. The Balaban J connectivity index is 1.57. The van der Waals surface area contributed by atoms with Crippen LogP contribution < -0.4 is 11.1 Å². The first-order valence-corrected chi connectivity index (χ1v) is 13.3. The molecule has 0 saturated heterocycles. The molecule has 0 radical (unpaired) electrons. The number of hydrogen-bond acceptors (Lipinski definition) is 7. The number of aromatic nitrogens is 4. The van der Waals surface area contributed by atoms with Crippen LogP contribution in [0.1, 0.15) is 42.0 Å². The van der Waals surface area contributed by atoms with Gasteiger partial charge in [-0.25, -0.2) is 9.97 Å². The summed E-state index contributed by atoms with van der Waals surface area (Å²) in [4.78, 5) is 33.1. The molecule has 4 N–H and O–H groups in total. The van der Waals surface area contributed by atoms with Gasteiger partial charge in [-0.15, -0.1) is 0 Å². The lowest BCUT2D eigenvalue weighted by atomic mass is 9.76. The van der Waals surface area contributed by atoms with Crippen molar-refractivity contribution in [1.29, 1.82) is 5.26 Å². The molecule has 1 unspecified atom stereocenters. The van der Waals surface area contributed by atoms with Crippen molar-refractivity contribution in [2.24, 2.45) is 0 Å². The van der Waals surface area contributed by atoms with Crippen molar-refractivity contribution in [2.75, 3.05) is 11.1 Å². The number of carbonyl (C=O) groups excluding carboxylic acids is 1. The van der Waals surface area contributed by atoms with Gasteiger partial charge in [-0.2, -0.15) is 32.3 Å². The summed E-state index contributed by atoms with van der Waals surface area (Å²) in [7, 11) is 0. The van der Waals surface area contributed by atoms with Gasteiger partial charge in [0.1, 0.15) is 22.7 Å². The zero-order valence-electron chi connectivity index (χ0n) is 22.6. The Labute approximate surface area is 250 Å². The Morgan fingerprint density at radius 3 is 2.57 bits per heavy atom. The van der Waals surface area contributed by atoms with E-state index >= 15 is 0 Å². The monoisotopic (exact) mass is 633 g/mol. The van der Waals surface area contributed by atoms with Crippen molar-refractivity contribution in [1.82, 2.24) is 19.7 Å². The number of carboxylic acid groups (broad SMARTS) is 1. The summed E-state index contributed by atoms with van der Waals surface area (Å²) in [6.07, 6.45) is -7.42. The van der Waals surface area contributed by atoms with Crippen LogP contribution in [0, 0.1) is 11.3 Å². The van der Waals surface area contributed by atoms with Gasteiger partial charge in [-0.1, -0.05) is 23.7 Å². The average Bonchev–Trinajstić information content (AvgIpc) is 3.44. The van der Waals surface area contributed by atoms with Gasteiger partial charge in [0.05, 0.1) is 22.7 Å². The van der Waals surface area contributed by atoms with Gasteiger partial charge in [-0.05, 0) is 48.7 Å². The maximum Gasteiger partial charge on any atom is 0.453 e. The predicted molar refractivity (Wildman–Crippen MR) is 148 cm³/mol. The van der Waals surface area contributed by atoms with Crippen LogP contribution in [0.5, 0.6) is 0 Å². The summed E-state index contributed by atoms with van der Waals surface area (Å²) >= 11 is 6.06. The minimum atomic E-state index is -5.74. The van der Waals surface area contributed by atoms with Crippen LogP contribution in [0.15, 0.2) is 36.4 Å². The van der Waals surface area contributed by atoms with Gasteiger partial charge in [0.2, 0.25) is 5.91 Å². The number of carboxylic acids is 1. The molecule has 0 aliphatic carbocycles. The minimum absolute atomic E-state index is 0.00102. The summed E-state index contributed by atoms with van der Waals surface area (Å²) in [6, 6.07) is 10.9. The fourth-order valence-electron chi connectivity index (χ4n) is 5.11. The molecule has 0 fully saturated rings. The quantitative estimate of drug-likeness (QED) is 0.216. The maximum atomic E-state index is 13.7. The van der Waals surface area contributed by atoms with Crippen molar-refractivity contribution < 1.29 is 36.6 Å². The summed E-state index contributed by atoms with van der Waals surface area (Å²) in [5.41, 5.74) is 6.24. The molecule has 10 nitrogen and oxygen atoms in total. The fraction of sp³-hybridized carbons (Fsp3) is 0.286. The van der Waals surface area contributed by atoms with Crippen LogP contribution >= 0.6 is 11.6 Å². The van der Waals surface area contributed by atoms with Gasteiger partial charge < -0.3 is 16.2 Å². The summed E-state index contributed by atoms with van der Waals surface area (Å²) in [5.74, 6) is -6.83. The highest BCUT2D eigenvalue weighted by Crippen LogP contribution is 2.46. The molecule has 1 amide bonds. The second kappa shape index (κ2) is 10.7. The molecule has 16 heteroatoms. The molecule has 0 saturated carbocycles. The molecule has 1 atom stereocenters. The number of nitrogen functional groups attached to an aromatic ring is 1. The fourth-order valence-corrected chi connectivity index (χ4v) is 5.28. The van der Waals surface area contributed by atoms with E-state index in [1.165, 1.54) is 24.3 Å². The van der Waals surface area contributed by atoms with Crippen molar-refractivity contribution in [3.8, 4) is 17.6 Å². The highest BCUT2D eigenvalue weighted by atomic mass is 35.5. The lowest BCUT2D eigenvalue weighted by Crippen LogP contribution is -2.37. The smallest absolute Gasteiger partial charge is 0.453 e. The number of nitrogens with zero attached hydrogens (tertiary/aromatic N) is 5. The third-order valence-corrected chi connectivity index (χ3v) is 7.75. The highest BCUT2D eigenvalue weighted by Gasteiger charge is 2.57. The van der Waals surface area contributed by atoms with Crippen LogP contribution in [-0.4, -0.2) is 48.8 Å². The average molecular weight is 634 g/mol. The largest absolute Gasteiger partial charge is 0.481 e. The number of fused-ring (bicyclic) bond motifs is 2. The van der Waals surface area contributed by atoms with E-state index in [0.717, 1.165) is 4.68 Å². The molecular formula is C28H21ClF5N7O3. The molecule has 1 aliphatic rings. The number of nitriles is 1. The van der Waals surface area contributed by atoms with E-state index in [9.17, 15) is 36.8 Å². The number of halogens is 6. The van der Waals surface area contributed by atoms with Crippen LogP contribution in [-0.2, 0) is 28.0 Å². The Hall–Kier alpha value is -4.84. The number of anilines is 2. The van der Waals surface area contributed by atoms with E-state index in [2.05, 4.69) is 20.4 Å². The lowest BCUT2D eigenvalue weighted by Gasteiger charge is -2.24. The second-order valence-electron chi connectivity index (χ2n) is 10.3. The first kappa shape index (κ1) is 30.6. The number of alkyl halides is 5. The predicted octanol–water partition coefficient (Wildman–Crippen LogP) is 5.46. The standard InChI is InChI=1S/C28H21ClF5N7O3/c1-26(15-4-2-13(3-7-19(42)43)14(10-15)12-35)20-22(36)37-24(38-23(20)39-25(26)44)21-17-6-5-16(29)11-18(17)41(40-21)9-8-27(30,31)28(32,33)34/h2,4-6,10-11H,3,7-9H2,1H3,(H,42,43)(H3,36,37,38,39,44). The maximum absolute atomic E-state index is 13.7. The third-order valence-electron chi connectivity index (χ3n) is 7.52. The number of benzene rings is 2. The van der Waals surface area contributed by atoms with Gasteiger partial charge in [0, 0.05) is 29.8 Å². The van der Waals surface area contributed by atoms with Crippen molar-refractivity contribution in [3.05, 3.63) is 63.7 Å². The normalized spacial score (nSPS) is 16.5. The van der Waals surface area contributed by atoms with Crippen LogP contribution in [0.25, 0.3) is 22.4 Å². The highest BCUT2D eigenvalue weighted by molar-refractivity contribution is 6.31. The first-order valence-electron chi connectivity index (χ1n) is 12.9. The number of hydrogen-bond donors (Lipinski definition) is 3. The Bertz CT molecular complexity index is 1890. The van der Waals surface area contributed by atoms with E-state index in [4.69, 9.17) is 22.4 Å². The molecule has 0 bridgehead atoms. The second-order valence-corrected chi connectivity index (χ2v) is 10.7. The van der Waals surface area contributed by atoms with E-state index in [1.807, 2.05) is 6.07 Å². The first-order chi connectivity index (χ1) is 20.6. The number of rotatable bonds is 8. The van der Waals surface area contributed by atoms with Crippen molar-refractivity contribution in [2.45, 2.75) is 50.2 Å². The van der Waals surface area contributed by atoms with Crippen LogP contribution in [0.3, 0.4) is 0 Å². The molecule has 0 spiro atoms. The van der Waals surface area contributed by atoms with Crippen molar-refractivity contribution in [3.63, 3.8) is 0 Å². The zero-order valence-corrected chi connectivity index (χ0v) is 23.4. The van der Waals surface area contributed by atoms with Gasteiger partial charge in [0.25, 0.3) is 0 Å². The van der Waals surface area contributed by atoms with Gasteiger partial charge in [0.15, 0.2) is 5.82 Å². The van der Waals surface area contributed by atoms with Crippen LogP contribution in [0.2, 0.25) is 5.02 Å². The summed E-state index contributed by atoms with van der Waals surface area (Å²) < 4.78 is 66.7. The lowest BCUT2D eigenvalue weighted by molar-refractivity contribution is -0.285. The van der Waals surface area contributed by atoms with Gasteiger partial charge in [-0.3, -0.25) is 14.3 Å².